The summed E-state index contributed by atoms with van der Waals surface area (Å²) < 4.78 is 12.8. The van der Waals surface area contributed by atoms with Crippen LogP contribution in [0.5, 0.6) is 0 Å². The molecule has 4 N–H and O–H groups in total. The van der Waals surface area contributed by atoms with E-state index in [9.17, 15) is 4.79 Å². The molecule has 13 heteroatoms. The van der Waals surface area contributed by atoms with Gasteiger partial charge in [0.05, 0.1) is 28.4 Å². The predicted octanol–water partition coefficient (Wildman–Crippen LogP) is 5.36. The van der Waals surface area contributed by atoms with E-state index in [1.54, 1.807) is 62.0 Å². The van der Waals surface area contributed by atoms with E-state index in [-0.39, 0.29) is 0 Å². The fourth-order valence-corrected chi connectivity index (χ4v) is 6.05. The molecule has 218 valence electrons. The van der Waals surface area contributed by atoms with Crippen molar-refractivity contribution in [2.45, 2.75) is 18.1 Å². The van der Waals surface area contributed by atoms with Gasteiger partial charge in [-0.25, -0.2) is 15.0 Å². The number of hydrogen-bond donors (Lipinski definition) is 2. The second-order valence-electron chi connectivity index (χ2n) is 7.55. The number of aryl methyl sites for hydroxylation is 1. The molecule has 4 aromatic heterocycles. The smallest absolute Gasteiger partial charge is 0.169 e. The number of methoxy groups -OCH3 is 2. The number of nitrogens with zero attached hydrogens (tertiary/aromatic N) is 5. The number of hydrogen-bond acceptors (Lipinski definition) is 12. The Morgan fingerprint density at radius 1 is 1.25 bits per heavy atom. The first kappa shape index (κ1) is 35.1. The van der Waals surface area contributed by atoms with Gasteiger partial charge in [0.25, 0.3) is 0 Å². The molecule has 0 spiro atoms. The highest BCUT2D eigenvalue weighted by Gasteiger charge is 2.21. The highest BCUT2D eigenvalue weighted by Crippen LogP contribution is 2.45. The number of imidazole rings is 1. The molecule has 0 radical (unpaired) electrons. The van der Waals surface area contributed by atoms with Crippen molar-refractivity contribution in [3.05, 3.63) is 41.8 Å². The Kier molecular flexibility index (Phi) is 16.8. The quantitative estimate of drug-likeness (QED) is 0.111. The first-order chi connectivity index (χ1) is 19.4. The molecule has 0 atom stereocenters. The molecule has 0 fully saturated rings. The summed E-state index contributed by atoms with van der Waals surface area (Å²) >= 11 is 4.63. The number of nitrogens with two attached hydrogens (primary N) is 2. The van der Waals surface area contributed by atoms with Gasteiger partial charge in [0.15, 0.2) is 6.29 Å². The number of nitrogen functional groups attached to an aromatic ring is 1. The van der Waals surface area contributed by atoms with Gasteiger partial charge in [-0.1, -0.05) is 12.7 Å². The average Bonchev–Trinajstić information content (AvgIpc) is 3.68. The number of pyridine rings is 1. The Morgan fingerprint density at radius 3 is 2.42 bits per heavy atom. The Labute approximate surface area is 248 Å². The zero-order valence-electron chi connectivity index (χ0n) is 24.1. The van der Waals surface area contributed by atoms with Crippen LogP contribution in [0.2, 0.25) is 0 Å². The number of thioether (sulfide) groups is 1. The summed E-state index contributed by atoms with van der Waals surface area (Å²) in [4.78, 5) is 29.1. The van der Waals surface area contributed by atoms with E-state index in [1.165, 1.54) is 18.4 Å². The molecule has 0 aromatic carbocycles. The largest absolute Gasteiger partial charge is 0.397 e. The number of fused-ring (bicyclic) bond motifs is 1. The van der Waals surface area contributed by atoms with Crippen molar-refractivity contribution in [2.24, 2.45) is 17.8 Å². The number of carbonyl (C=O) groups excluding carboxylic acids is 1. The van der Waals surface area contributed by atoms with Crippen LogP contribution in [0, 0.1) is 6.92 Å². The molecule has 0 aliphatic rings. The lowest BCUT2D eigenvalue weighted by Gasteiger charge is -2.08. The molecule has 10 nitrogen and oxygen atoms in total. The van der Waals surface area contributed by atoms with Crippen molar-refractivity contribution in [3.8, 4) is 22.0 Å². The average molecular weight is 606 g/mol. The van der Waals surface area contributed by atoms with Gasteiger partial charge in [0, 0.05) is 63.2 Å². The number of aldehydes is 1. The van der Waals surface area contributed by atoms with Crippen LogP contribution in [-0.2, 0) is 16.5 Å². The van der Waals surface area contributed by atoms with Crippen molar-refractivity contribution >= 4 is 62.8 Å². The van der Waals surface area contributed by atoms with E-state index >= 15 is 0 Å². The van der Waals surface area contributed by atoms with Gasteiger partial charge in [0.2, 0.25) is 0 Å². The van der Waals surface area contributed by atoms with Gasteiger partial charge in [0.1, 0.15) is 27.1 Å². The Hall–Kier alpha value is -2.94. The van der Waals surface area contributed by atoms with Crippen LogP contribution < -0.4 is 11.5 Å². The number of anilines is 1. The maximum atomic E-state index is 11.1. The van der Waals surface area contributed by atoms with E-state index in [4.69, 9.17) is 15.5 Å². The van der Waals surface area contributed by atoms with Gasteiger partial charge in [-0.05, 0) is 27.0 Å². The fourth-order valence-electron chi connectivity index (χ4n) is 3.05. The minimum atomic E-state index is 0.409. The molecule has 0 unspecified atom stereocenters. The maximum absolute atomic E-state index is 11.1. The maximum Gasteiger partial charge on any atom is 0.169 e. The number of thiophene rings is 1. The van der Waals surface area contributed by atoms with E-state index < -0.39 is 0 Å². The van der Waals surface area contributed by atoms with Gasteiger partial charge in [-0.15, -0.1) is 34.4 Å². The highest BCUT2D eigenvalue weighted by atomic mass is 32.2. The first-order valence-corrected chi connectivity index (χ1v) is 14.9. The Morgan fingerprint density at radius 2 is 1.95 bits per heavy atom. The number of carbonyl (C=O) groups is 1. The SMILES string of the molecule is C=CC=NC.CCOC.CN.COCCSc1sc2nc(-c3nc(C=O)cs3)cc(-c3cnc(C)n3C)c2c1N. The van der Waals surface area contributed by atoms with E-state index in [0.29, 0.717) is 17.3 Å². The Bertz CT molecular complexity index is 1360. The molecule has 0 aliphatic carbocycles. The second kappa shape index (κ2) is 19.2. The molecular weight excluding hydrogens is 567 g/mol. The third-order valence-corrected chi connectivity index (χ3v) is 8.32. The van der Waals surface area contributed by atoms with Crippen molar-refractivity contribution in [3.63, 3.8) is 0 Å². The van der Waals surface area contributed by atoms with Crippen LogP contribution in [0.1, 0.15) is 23.2 Å². The Balaban J connectivity index is 0.000000627. The van der Waals surface area contributed by atoms with Crippen LogP contribution in [0.25, 0.3) is 32.2 Å². The number of ether oxygens (including phenoxy) is 2. The number of thiazole rings is 1. The second-order valence-corrected chi connectivity index (χ2v) is 10.8. The first-order valence-electron chi connectivity index (χ1n) is 12.2. The predicted molar refractivity (Wildman–Crippen MR) is 172 cm³/mol. The number of allylic oxidation sites excluding steroid dienone is 1. The number of aliphatic imine (C=N–C) groups is 1. The van der Waals surface area contributed by atoms with E-state index in [1.807, 2.05) is 37.7 Å². The topological polar surface area (TPSA) is 144 Å². The lowest BCUT2D eigenvalue weighted by molar-refractivity contribution is 0.111. The summed E-state index contributed by atoms with van der Waals surface area (Å²) in [7, 11) is 8.56. The minimum absolute atomic E-state index is 0.409. The zero-order valence-corrected chi connectivity index (χ0v) is 26.6. The van der Waals surface area contributed by atoms with Crippen molar-refractivity contribution in [1.82, 2.24) is 19.5 Å². The van der Waals surface area contributed by atoms with Crippen molar-refractivity contribution in [2.75, 3.05) is 53.0 Å². The van der Waals surface area contributed by atoms with Gasteiger partial charge < -0.3 is 25.5 Å². The van der Waals surface area contributed by atoms with Crippen LogP contribution >= 0.6 is 34.4 Å². The lowest BCUT2D eigenvalue weighted by atomic mass is 10.1. The van der Waals surface area contributed by atoms with Crippen molar-refractivity contribution in [1.29, 1.82) is 0 Å². The molecule has 40 heavy (non-hydrogen) atoms. The molecule has 4 aromatic rings. The lowest BCUT2D eigenvalue weighted by Crippen LogP contribution is -1.97. The summed E-state index contributed by atoms with van der Waals surface area (Å²) in [5, 5.41) is 3.36. The standard InChI is InChI=1S/C19H19N5O2S3.C4H7N.C3H8O.CH5N/c1-10-21-7-14(24(10)2)12-6-13(17-22-11(8-25)9-28-17)23-18-15(12)16(20)19(29-18)27-5-4-26-3;1-3-4-5-2;1-3-4-2;1-2/h6-9H,4-5,20H2,1-3H3;3-4H,1H2,2H3;3H2,1-2H3;2H2,1H3. The molecule has 0 saturated carbocycles. The third-order valence-electron chi connectivity index (χ3n) is 5.09. The number of rotatable bonds is 9. The van der Waals surface area contributed by atoms with Crippen LogP contribution in [-0.4, -0.2) is 79.3 Å². The van der Waals surface area contributed by atoms with Crippen LogP contribution in [0.4, 0.5) is 5.69 Å². The summed E-state index contributed by atoms with van der Waals surface area (Å²) in [6.07, 6.45) is 5.87. The van der Waals surface area contributed by atoms with Crippen molar-refractivity contribution < 1.29 is 14.3 Å². The van der Waals surface area contributed by atoms with E-state index in [0.717, 1.165) is 61.5 Å². The van der Waals surface area contributed by atoms with Crippen LogP contribution in [0.15, 0.2) is 39.5 Å². The number of aromatic nitrogens is 4. The summed E-state index contributed by atoms with van der Waals surface area (Å²) in [5.74, 6) is 1.72. The summed E-state index contributed by atoms with van der Waals surface area (Å²) in [6, 6.07) is 1.99. The zero-order chi connectivity index (χ0) is 30.1. The monoisotopic (exact) mass is 605 g/mol. The molecule has 0 bridgehead atoms. The molecule has 4 heterocycles. The van der Waals surface area contributed by atoms with Gasteiger partial charge in [-0.3, -0.25) is 9.79 Å². The molecule has 0 aliphatic heterocycles. The molecular formula is C27H39N7O3S3. The summed E-state index contributed by atoms with van der Waals surface area (Å²) in [5.41, 5.74) is 14.8. The highest BCUT2D eigenvalue weighted by molar-refractivity contribution is 8.01. The molecule has 4 rings (SSSR count). The molecule has 0 amide bonds. The fraction of sp³-hybridized carbons (Fsp3) is 0.370. The van der Waals surface area contributed by atoms with Gasteiger partial charge in [-0.2, -0.15) is 0 Å². The minimum Gasteiger partial charge on any atom is -0.397 e. The summed E-state index contributed by atoms with van der Waals surface area (Å²) in [6.45, 7) is 8.79. The van der Waals surface area contributed by atoms with Crippen LogP contribution in [0.3, 0.4) is 0 Å². The molecule has 0 saturated heterocycles. The van der Waals surface area contributed by atoms with Gasteiger partial charge >= 0.3 is 0 Å². The third kappa shape index (κ3) is 9.61. The van der Waals surface area contributed by atoms with E-state index in [2.05, 4.69) is 32.0 Å². The normalized spacial score (nSPS) is 10.3.